The van der Waals surface area contributed by atoms with Crippen LogP contribution < -0.4 is 0 Å². The highest BCUT2D eigenvalue weighted by molar-refractivity contribution is 9.10. The highest BCUT2D eigenvalue weighted by Gasteiger charge is 2.27. The van der Waals surface area contributed by atoms with Gasteiger partial charge in [-0.3, -0.25) is 4.79 Å². The van der Waals surface area contributed by atoms with Gasteiger partial charge in [-0.1, -0.05) is 0 Å². The second-order valence-electron chi connectivity index (χ2n) is 5.34. The van der Waals surface area contributed by atoms with E-state index in [2.05, 4.69) is 41.8 Å². The van der Waals surface area contributed by atoms with Crippen molar-refractivity contribution < 1.29 is 4.79 Å². The molecule has 1 amide bonds. The molecule has 0 spiro atoms. The quantitative estimate of drug-likeness (QED) is 0.853. The highest BCUT2D eigenvalue weighted by atomic mass is 79.9. The van der Waals surface area contributed by atoms with E-state index < -0.39 is 0 Å². The van der Waals surface area contributed by atoms with Gasteiger partial charge in [-0.05, 0) is 55.9 Å². The maximum Gasteiger partial charge on any atom is 0.270 e. The van der Waals surface area contributed by atoms with E-state index in [0.717, 1.165) is 36.2 Å². The van der Waals surface area contributed by atoms with Crippen molar-refractivity contribution in [3.63, 3.8) is 0 Å². The van der Waals surface area contributed by atoms with Gasteiger partial charge in [0.25, 0.3) is 5.91 Å². The number of carbonyl (C=O) groups excluding carboxylic acids is 1. The summed E-state index contributed by atoms with van der Waals surface area (Å²) in [5, 5.41) is 0. The van der Waals surface area contributed by atoms with Crippen molar-refractivity contribution in [2.45, 2.75) is 32.4 Å². The number of nitrogens with zero attached hydrogens (tertiary/aromatic N) is 3. The monoisotopic (exact) mass is 327 g/mol. The average Bonchev–Trinajstić information content (AvgIpc) is 2.79. The highest BCUT2D eigenvalue weighted by Crippen LogP contribution is 2.20. The molecule has 0 aromatic carbocycles. The first-order chi connectivity index (χ1) is 9.02. The third-order valence-corrected chi connectivity index (χ3v) is 4.27. The lowest BCUT2D eigenvalue weighted by molar-refractivity contribution is 0.0624. The second kappa shape index (κ2) is 6.09. The smallest absolute Gasteiger partial charge is 0.270 e. The van der Waals surface area contributed by atoms with Crippen LogP contribution in [0, 0.1) is 0 Å². The van der Waals surface area contributed by atoms with E-state index in [9.17, 15) is 4.79 Å². The van der Waals surface area contributed by atoms with Crippen LogP contribution in [0.1, 0.15) is 30.3 Å². The van der Waals surface area contributed by atoms with E-state index >= 15 is 0 Å². The fourth-order valence-corrected chi connectivity index (χ4v) is 3.10. The van der Waals surface area contributed by atoms with Gasteiger partial charge in [0.05, 0.1) is 0 Å². The van der Waals surface area contributed by atoms with Crippen LogP contribution in [0.5, 0.6) is 0 Å². The lowest BCUT2D eigenvalue weighted by atomic mass is 10.0. The third-order valence-electron chi connectivity index (χ3n) is 3.84. The molecule has 1 unspecified atom stereocenters. The summed E-state index contributed by atoms with van der Waals surface area (Å²) in [6, 6.07) is 2.40. The summed E-state index contributed by atoms with van der Waals surface area (Å²) in [6.45, 7) is 4.58. The lowest BCUT2D eigenvalue weighted by Crippen LogP contribution is -2.47. The maximum absolute atomic E-state index is 12.6. The molecule has 2 heterocycles. The molecule has 2 rings (SSSR count). The Morgan fingerprint density at radius 2 is 2.26 bits per heavy atom. The van der Waals surface area contributed by atoms with Crippen molar-refractivity contribution in [1.29, 1.82) is 0 Å². The van der Waals surface area contributed by atoms with Crippen LogP contribution in [-0.4, -0.2) is 53.5 Å². The van der Waals surface area contributed by atoms with Crippen LogP contribution in [0.25, 0.3) is 0 Å². The molecule has 0 bridgehead atoms. The number of amides is 1. The molecule has 0 N–H and O–H groups in total. The van der Waals surface area contributed by atoms with Crippen LogP contribution in [0.15, 0.2) is 16.7 Å². The lowest BCUT2D eigenvalue weighted by Gasteiger charge is -2.36. The number of aromatic nitrogens is 1. The number of likely N-dealkylation sites (N-methyl/N-ethyl adjacent to an activating group) is 1. The van der Waals surface area contributed by atoms with E-state index in [0.29, 0.717) is 6.04 Å². The van der Waals surface area contributed by atoms with Crippen molar-refractivity contribution in [3.8, 4) is 0 Å². The number of halogens is 1. The SMILES string of the molecule is CCn1cc(Br)cc1C(=O)N1CCCC(N(C)C)C1. The van der Waals surface area contributed by atoms with Gasteiger partial charge in [-0.2, -0.15) is 0 Å². The topological polar surface area (TPSA) is 28.5 Å². The summed E-state index contributed by atoms with van der Waals surface area (Å²) in [4.78, 5) is 16.8. The van der Waals surface area contributed by atoms with Gasteiger partial charge >= 0.3 is 0 Å². The Labute approximate surface area is 123 Å². The molecule has 1 fully saturated rings. The minimum Gasteiger partial charge on any atom is -0.343 e. The van der Waals surface area contributed by atoms with Crippen LogP contribution in [0.4, 0.5) is 0 Å². The molecule has 4 nitrogen and oxygen atoms in total. The Balaban J connectivity index is 2.14. The molecule has 1 aliphatic rings. The summed E-state index contributed by atoms with van der Waals surface area (Å²) in [5.74, 6) is 0.152. The first kappa shape index (κ1) is 14.6. The largest absolute Gasteiger partial charge is 0.343 e. The third kappa shape index (κ3) is 3.20. The number of likely N-dealkylation sites (tertiary alicyclic amines) is 1. The van der Waals surface area contributed by atoms with Crippen molar-refractivity contribution in [2.24, 2.45) is 0 Å². The summed E-state index contributed by atoms with van der Waals surface area (Å²) in [7, 11) is 4.17. The summed E-state index contributed by atoms with van der Waals surface area (Å²) in [6.07, 6.45) is 4.23. The second-order valence-corrected chi connectivity index (χ2v) is 6.26. The predicted octanol–water partition coefficient (Wildman–Crippen LogP) is 2.44. The van der Waals surface area contributed by atoms with Crippen molar-refractivity contribution in [1.82, 2.24) is 14.4 Å². The molecule has 19 heavy (non-hydrogen) atoms. The molecule has 106 valence electrons. The fourth-order valence-electron chi connectivity index (χ4n) is 2.64. The Kier molecular flexibility index (Phi) is 4.68. The van der Waals surface area contributed by atoms with E-state index in [4.69, 9.17) is 0 Å². The van der Waals surface area contributed by atoms with E-state index in [1.165, 1.54) is 6.42 Å². The zero-order valence-electron chi connectivity index (χ0n) is 11.9. The van der Waals surface area contributed by atoms with Gasteiger partial charge in [0, 0.05) is 36.3 Å². The number of carbonyl (C=O) groups is 1. The van der Waals surface area contributed by atoms with E-state index in [1.807, 2.05) is 21.7 Å². The minimum absolute atomic E-state index is 0.152. The predicted molar refractivity (Wildman–Crippen MR) is 80.4 cm³/mol. The van der Waals surface area contributed by atoms with Gasteiger partial charge in [0.15, 0.2) is 0 Å². The summed E-state index contributed by atoms with van der Waals surface area (Å²) < 4.78 is 2.98. The van der Waals surface area contributed by atoms with Crippen LogP contribution in [-0.2, 0) is 6.54 Å². The van der Waals surface area contributed by atoms with Gasteiger partial charge < -0.3 is 14.4 Å². The zero-order chi connectivity index (χ0) is 14.0. The average molecular weight is 328 g/mol. The van der Waals surface area contributed by atoms with Gasteiger partial charge in [-0.25, -0.2) is 0 Å². The summed E-state index contributed by atoms with van der Waals surface area (Å²) >= 11 is 3.45. The summed E-state index contributed by atoms with van der Waals surface area (Å²) in [5.41, 5.74) is 0.786. The first-order valence-electron chi connectivity index (χ1n) is 6.84. The number of aryl methyl sites for hydroxylation is 1. The van der Waals surface area contributed by atoms with Crippen molar-refractivity contribution >= 4 is 21.8 Å². The Hall–Kier alpha value is -0.810. The Morgan fingerprint density at radius 3 is 2.89 bits per heavy atom. The molecule has 1 aliphatic heterocycles. The molecule has 0 saturated carbocycles. The molecular formula is C14H22BrN3O. The molecule has 0 aliphatic carbocycles. The molecule has 1 atom stereocenters. The molecule has 0 radical (unpaired) electrons. The van der Waals surface area contributed by atoms with Crippen LogP contribution >= 0.6 is 15.9 Å². The Morgan fingerprint density at radius 1 is 1.53 bits per heavy atom. The van der Waals surface area contributed by atoms with Gasteiger partial charge in [0.2, 0.25) is 0 Å². The molecular weight excluding hydrogens is 306 g/mol. The van der Waals surface area contributed by atoms with Crippen molar-refractivity contribution in [2.75, 3.05) is 27.2 Å². The number of hydrogen-bond acceptors (Lipinski definition) is 2. The number of hydrogen-bond donors (Lipinski definition) is 0. The number of rotatable bonds is 3. The van der Waals surface area contributed by atoms with Gasteiger partial charge in [-0.15, -0.1) is 0 Å². The van der Waals surface area contributed by atoms with Gasteiger partial charge in [0.1, 0.15) is 5.69 Å². The van der Waals surface area contributed by atoms with E-state index in [-0.39, 0.29) is 5.91 Å². The van der Waals surface area contributed by atoms with E-state index in [1.54, 1.807) is 0 Å². The Bertz CT molecular complexity index is 456. The number of piperidine rings is 1. The van der Waals surface area contributed by atoms with Crippen molar-refractivity contribution in [3.05, 3.63) is 22.4 Å². The standard InChI is InChI=1S/C14H22BrN3O/c1-4-17-9-11(15)8-13(17)14(19)18-7-5-6-12(10-18)16(2)3/h8-9,12H,4-7,10H2,1-3H3. The molecule has 1 aromatic heterocycles. The fraction of sp³-hybridized carbons (Fsp3) is 0.643. The first-order valence-corrected chi connectivity index (χ1v) is 7.63. The van der Waals surface area contributed by atoms with Crippen LogP contribution in [0.3, 0.4) is 0 Å². The maximum atomic E-state index is 12.6. The normalized spacial score (nSPS) is 20.1. The van der Waals surface area contributed by atoms with Crippen LogP contribution in [0.2, 0.25) is 0 Å². The molecule has 1 saturated heterocycles. The molecule has 1 aromatic rings. The molecule has 5 heteroatoms. The zero-order valence-corrected chi connectivity index (χ0v) is 13.5. The minimum atomic E-state index is 0.152.